The molecule has 2 unspecified atom stereocenters. The van der Waals surface area contributed by atoms with E-state index in [-0.39, 0.29) is 24.8 Å². The van der Waals surface area contributed by atoms with Gasteiger partial charge in [0, 0.05) is 45.1 Å². The van der Waals surface area contributed by atoms with Crippen LogP contribution in [-0.2, 0) is 4.79 Å². The molecule has 0 bridgehead atoms. The number of aromatic nitrogens is 2. The first kappa shape index (κ1) is 23.0. The van der Waals surface area contributed by atoms with Crippen LogP contribution < -0.4 is 10.6 Å². The number of amides is 1. The fraction of sp³-hybridized carbons (Fsp3) is 0.692. The van der Waals surface area contributed by atoms with Gasteiger partial charge in [-0.3, -0.25) is 14.4 Å². The summed E-state index contributed by atoms with van der Waals surface area (Å²) in [6.07, 6.45) is -1.26. The number of rotatable bonds is 5. The van der Waals surface area contributed by atoms with Crippen molar-refractivity contribution in [2.75, 3.05) is 32.7 Å². The van der Waals surface area contributed by atoms with Crippen LogP contribution in [-0.4, -0.2) is 65.5 Å². The van der Waals surface area contributed by atoms with Gasteiger partial charge in [0.15, 0.2) is 0 Å². The average Bonchev–Trinajstić information content (AvgIpc) is 3.00. The molecule has 0 aliphatic carbocycles. The first-order valence-corrected chi connectivity index (χ1v) is 7.18. The molecule has 1 saturated heterocycles. The van der Waals surface area contributed by atoms with Crippen LogP contribution in [0.3, 0.4) is 0 Å². The highest BCUT2D eigenvalue weighted by Gasteiger charge is 2.43. The van der Waals surface area contributed by atoms with Gasteiger partial charge in [-0.15, -0.1) is 24.8 Å². The fourth-order valence-corrected chi connectivity index (χ4v) is 2.42. The standard InChI is InChI=1S/C13H20F3N5O.2ClH/c1-10(21-6-2-3-19-21)12(22)18-9-11(13(14,15)16)20-7-4-17-5-8-20;;/h2-3,6,10-11,17H,4-5,7-9H2,1H3,(H,18,22);2*1H. The maximum absolute atomic E-state index is 13.2. The molecule has 2 rings (SSSR count). The molecule has 0 saturated carbocycles. The summed E-state index contributed by atoms with van der Waals surface area (Å²) in [6.45, 7) is 2.81. The Hall–Kier alpha value is -1.03. The third-order valence-corrected chi connectivity index (χ3v) is 3.74. The third kappa shape index (κ3) is 6.12. The maximum atomic E-state index is 13.2. The minimum atomic E-state index is -4.38. The summed E-state index contributed by atoms with van der Waals surface area (Å²) in [5.74, 6) is -0.479. The van der Waals surface area contributed by atoms with Crippen molar-refractivity contribution >= 4 is 30.7 Å². The molecule has 1 aliphatic heterocycles. The van der Waals surface area contributed by atoms with Crippen LogP contribution in [0.25, 0.3) is 0 Å². The molecule has 2 atom stereocenters. The first-order chi connectivity index (χ1) is 10.4. The topological polar surface area (TPSA) is 62.2 Å². The van der Waals surface area contributed by atoms with E-state index in [4.69, 9.17) is 0 Å². The zero-order valence-electron chi connectivity index (χ0n) is 13.1. The largest absolute Gasteiger partial charge is 0.405 e. The summed E-state index contributed by atoms with van der Waals surface area (Å²) in [6, 6.07) is -0.654. The fourth-order valence-electron chi connectivity index (χ4n) is 2.42. The third-order valence-electron chi connectivity index (χ3n) is 3.74. The number of carbonyl (C=O) groups excluding carboxylic acids is 1. The van der Waals surface area contributed by atoms with Gasteiger partial charge >= 0.3 is 6.18 Å². The molecule has 6 nitrogen and oxygen atoms in total. The Bertz CT molecular complexity index is 480. The summed E-state index contributed by atoms with van der Waals surface area (Å²) in [7, 11) is 0. The molecule has 2 heterocycles. The van der Waals surface area contributed by atoms with Crippen molar-refractivity contribution in [2.24, 2.45) is 0 Å². The maximum Gasteiger partial charge on any atom is 0.405 e. The number of nitrogens with zero attached hydrogens (tertiary/aromatic N) is 3. The average molecular weight is 392 g/mol. The number of nitrogens with one attached hydrogen (secondary N) is 2. The molecule has 1 aromatic heterocycles. The van der Waals surface area contributed by atoms with Crippen LogP contribution in [0.15, 0.2) is 18.5 Å². The van der Waals surface area contributed by atoms with E-state index in [0.29, 0.717) is 26.2 Å². The first-order valence-electron chi connectivity index (χ1n) is 7.18. The highest BCUT2D eigenvalue weighted by Crippen LogP contribution is 2.24. The van der Waals surface area contributed by atoms with Crippen LogP contribution in [0, 0.1) is 0 Å². The van der Waals surface area contributed by atoms with Crippen LogP contribution in [0.1, 0.15) is 13.0 Å². The van der Waals surface area contributed by atoms with E-state index in [1.165, 1.54) is 15.8 Å². The Morgan fingerprint density at radius 2 is 1.96 bits per heavy atom. The van der Waals surface area contributed by atoms with Crippen LogP contribution in [0.4, 0.5) is 13.2 Å². The highest BCUT2D eigenvalue weighted by molar-refractivity contribution is 5.85. The van der Waals surface area contributed by atoms with Crippen LogP contribution in [0.2, 0.25) is 0 Å². The summed E-state index contributed by atoms with van der Waals surface area (Å²) in [5.41, 5.74) is 0. The van der Waals surface area contributed by atoms with E-state index >= 15 is 0 Å². The Morgan fingerprint density at radius 3 is 2.46 bits per heavy atom. The predicted molar refractivity (Wildman–Crippen MR) is 88.7 cm³/mol. The normalized spacial score (nSPS) is 18.0. The number of hydrogen-bond acceptors (Lipinski definition) is 4. The lowest BCUT2D eigenvalue weighted by Crippen LogP contribution is -2.57. The molecule has 140 valence electrons. The van der Waals surface area contributed by atoms with Crippen LogP contribution in [0.5, 0.6) is 0 Å². The van der Waals surface area contributed by atoms with Crippen molar-refractivity contribution in [3.8, 4) is 0 Å². The number of alkyl halides is 3. The smallest absolute Gasteiger partial charge is 0.352 e. The van der Waals surface area contributed by atoms with Gasteiger partial charge in [-0.05, 0) is 13.0 Å². The van der Waals surface area contributed by atoms with Gasteiger partial charge in [0.25, 0.3) is 0 Å². The van der Waals surface area contributed by atoms with E-state index in [1.807, 2.05) is 0 Å². The summed E-state index contributed by atoms with van der Waals surface area (Å²) >= 11 is 0. The lowest BCUT2D eigenvalue weighted by molar-refractivity contribution is -0.184. The second kappa shape index (κ2) is 10.1. The van der Waals surface area contributed by atoms with E-state index in [2.05, 4.69) is 15.7 Å². The van der Waals surface area contributed by atoms with Gasteiger partial charge in [0.2, 0.25) is 5.91 Å². The van der Waals surface area contributed by atoms with Gasteiger partial charge < -0.3 is 10.6 Å². The second-order valence-corrected chi connectivity index (χ2v) is 5.25. The number of halogens is 5. The zero-order valence-corrected chi connectivity index (χ0v) is 14.8. The zero-order chi connectivity index (χ0) is 16.2. The van der Waals surface area contributed by atoms with Crippen LogP contribution >= 0.6 is 24.8 Å². The second-order valence-electron chi connectivity index (χ2n) is 5.25. The Labute approximate surface area is 151 Å². The molecule has 1 fully saturated rings. The summed E-state index contributed by atoms with van der Waals surface area (Å²) in [5, 5.41) is 9.33. The molecular weight excluding hydrogens is 370 g/mol. The minimum Gasteiger partial charge on any atom is -0.352 e. The van der Waals surface area contributed by atoms with Gasteiger partial charge in [-0.1, -0.05) is 0 Å². The molecule has 24 heavy (non-hydrogen) atoms. The minimum absolute atomic E-state index is 0. The highest BCUT2D eigenvalue weighted by atomic mass is 35.5. The van der Waals surface area contributed by atoms with Gasteiger partial charge in [0.1, 0.15) is 12.1 Å². The number of carbonyl (C=O) groups is 1. The monoisotopic (exact) mass is 391 g/mol. The lowest BCUT2D eigenvalue weighted by Gasteiger charge is -2.36. The molecule has 0 spiro atoms. The SMILES string of the molecule is CC(C(=O)NCC(N1CCNCC1)C(F)(F)F)n1cccn1.Cl.Cl. The van der Waals surface area contributed by atoms with E-state index in [1.54, 1.807) is 19.2 Å². The molecule has 1 aromatic rings. The molecule has 0 aromatic carbocycles. The summed E-state index contributed by atoms with van der Waals surface area (Å²) < 4.78 is 41.0. The van der Waals surface area contributed by atoms with Crippen molar-refractivity contribution in [1.82, 2.24) is 25.3 Å². The van der Waals surface area contributed by atoms with Crippen molar-refractivity contribution < 1.29 is 18.0 Å². The predicted octanol–water partition coefficient (Wildman–Crippen LogP) is 1.24. The molecule has 11 heteroatoms. The Morgan fingerprint density at radius 1 is 1.33 bits per heavy atom. The Kier molecular flexibility index (Phi) is 9.64. The van der Waals surface area contributed by atoms with Crippen molar-refractivity contribution in [2.45, 2.75) is 25.2 Å². The molecule has 1 aliphatic rings. The van der Waals surface area contributed by atoms with Crippen molar-refractivity contribution in [3.63, 3.8) is 0 Å². The van der Waals surface area contributed by atoms with E-state index in [0.717, 1.165) is 0 Å². The van der Waals surface area contributed by atoms with E-state index < -0.39 is 30.7 Å². The van der Waals surface area contributed by atoms with Gasteiger partial charge in [-0.2, -0.15) is 18.3 Å². The molecule has 1 amide bonds. The molecule has 2 N–H and O–H groups in total. The van der Waals surface area contributed by atoms with Gasteiger partial charge in [-0.25, -0.2) is 0 Å². The lowest BCUT2D eigenvalue weighted by atomic mass is 10.2. The Balaban J connectivity index is 0.00000264. The molecular formula is C13H22Cl2F3N5O. The quantitative estimate of drug-likeness (QED) is 0.792. The van der Waals surface area contributed by atoms with Crippen molar-refractivity contribution in [1.29, 1.82) is 0 Å². The van der Waals surface area contributed by atoms with Crippen molar-refractivity contribution in [3.05, 3.63) is 18.5 Å². The van der Waals surface area contributed by atoms with E-state index in [9.17, 15) is 18.0 Å². The van der Waals surface area contributed by atoms with Gasteiger partial charge in [0.05, 0.1) is 0 Å². The summed E-state index contributed by atoms with van der Waals surface area (Å²) in [4.78, 5) is 13.3. The molecule has 0 radical (unpaired) electrons. The number of piperazine rings is 1. The number of hydrogen-bond donors (Lipinski definition) is 2.